The Kier molecular flexibility index (Phi) is 5.35. The summed E-state index contributed by atoms with van der Waals surface area (Å²) >= 11 is 0. The van der Waals surface area contributed by atoms with Gasteiger partial charge in [-0.1, -0.05) is 13.8 Å². The van der Waals surface area contributed by atoms with Crippen LogP contribution in [0.4, 0.5) is 0 Å². The van der Waals surface area contributed by atoms with Gasteiger partial charge in [-0.2, -0.15) is 0 Å². The van der Waals surface area contributed by atoms with Crippen LogP contribution < -0.4 is 16.2 Å². The molecule has 4 saturated carbocycles. The predicted molar refractivity (Wildman–Crippen MR) is 119 cm³/mol. The summed E-state index contributed by atoms with van der Waals surface area (Å²) in [6.45, 7) is 7.61. The molecule has 0 aromatic rings. The van der Waals surface area contributed by atoms with Crippen LogP contribution in [0.1, 0.15) is 78.1 Å². The summed E-state index contributed by atoms with van der Waals surface area (Å²) in [5.41, 5.74) is 6.44. The van der Waals surface area contributed by atoms with Crippen LogP contribution in [0.2, 0.25) is 0 Å². The first-order valence-electron chi connectivity index (χ1n) is 12.5. The Balaban J connectivity index is 1.29. The summed E-state index contributed by atoms with van der Waals surface area (Å²) in [5.74, 6) is 3.03. The maximum Gasteiger partial charge on any atom is 0.205 e. The highest BCUT2D eigenvalue weighted by molar-refractivity contribution is 5.79. The number of aliphatic hydroxyl groups is 2. The van der Waals surface area contributed by atoms with E-state index in [-0.39, 0.29) is 11.5 Å². The van der Waals surface area contributed by atoms with Crippen LogP contribution in [0.15, 0.2) is 4.99 Å². The molecule has 5 N–H and O–H groups in total. The molecule has 30 heavy (non-hydrogen) atoms. The lowest BCUT2D eigenvalue weighted by Gasteiger charge is -2.63. The van der Waals surface area contributed by atoms with Crippen molar-refractivity contribution in [2.75, 3.05) is 19.6 Å². The fourth-order valence-corrected chi connectivity index (χ4v) is 8.52. The minimum Gasteiger partial charge on any atom is -0.393 e. The molecule has 0 bridgehead atoms. The van der Waals surface area contributed by atoms with Crippen LogP contribution in [-0.4, -0.2) is 47.5 Å². The molecule has 4 aliphatic carbocycles. The lowest BCUT2D eigenvalue weighted by Crippen LogP contribution is -2.63. The molecule has 8 atom stereocenters. The first-order valence-corrected chi connectivity index (χ1v) is 12.5. The maximum atomic E-state index is 12.2. The number of guanidine groups is 1. The van der Waals surface area contributed by atoms with Gasteiger partial charge in [-0.15, -0.1) is 0 Å². The van der Waals surface area contributed by atoms with Gasteiger partial charge >= 0.3 is 0 Å². The van der Waals surface area contributed by atoms with E-state index in [4.69, 9.17) is 0 Å². The van der Waals surface area contributed by atoms with Crippen molar-refractivity contribution in [3.8, 4) is 0 Å². The second-order valence-electron chi connectivity index (χ2n) is 11.6. The summed E-state index contributed by atoms with van der Waals surface area (Å²) in [5, 5.41) is 25.7. The van der Waals surface area contributed by atoms with E-state index in [0.717, 1.165) is 77.0 Å². The van der Waals surface area contributed by atoms with Crippen LogP contribution in [0.25, 0.3) is 0 Å². The van der Waals surface area contributed by atoms with Gasteiger partial charge in [0.25, 0.3) is 0 Å². The van der Waals surface area contributed by atoms with Gasteiger partial charge in [-0.25, -0.2) is 5.43 Å². The normalized spacial score (nSPS) is 50.5. The fraction of sp³-hybridized carbons (Fsp3) is 0.958. The van der Waals surface area contributed by atoms with Crippen LogP contribution in [0, 0.1) is 34.5 Å². The Labute approximate surface area is 181 Å². The SMILES string of the molecule is C[C@]12CCC(O)CC1CC[C@@H]1[C@H]2CC[C@]2(C)C(CNNC3=NCCCN3)CC[C@@]12O. The Bertz CT molecular complexity index is 686. The first-order chi connectivity index (χ1) is 14.4. The lowest BCUT2D eigenvalue weighted by molar-refractivity contribution is -0.209. The van der Waals surface area contributed by atoms with Crippen molar-refractivity contribution in [2.24, 2.45) is 39.5 Å². The zero-order chi connectivity index (χ0) is 21.0. The van der Waals surface area contributed by atoms with E-state index in [1.54, 1.807) is 0 Å². The molecule has 0 aromatic carbocycles. The summed E-state index contributed by atoms with van der Waals surface area (Å²) in [6, 6.07) is 0. The van der Waals surface area contributed by atoms with Crippen LogP contribution in [0.3, 0.4) is 0 Å². The number of aliphatic hydroxyl groups excluding tert-OH is 1. The summed E-state index contributed by atoms with van der Waals surface area (Å²) < 4.78 is 0. The highest BCUT2D eigenvalue weighted by Gasteiger charge is 2.66. The van der Waals surface area contributed by atoms with E-state index in [2.05, 4.69) is 35.0 Å². The van der Waals surface area contributed by atoms with Crippen molar-refractivity contribution < 1.29 is 10.2 Å². The third-order valence-electron chi connectivity index (χ3n) is 10.5. The second-order valence-corrected chi connectivity index (χ2v) is 11.6. The largest absolute Gasteiger partial charge is 0.393 e. The fourth-order valence-electron chi connectivity index (χ4n) is 8.52. The second kappa shape index (κ2) is 7.63. The highest BCUT2D eigenvalue weighted by atomic mass is 16.3. The van der Waals surface area contributed by atoms with E-state index in [0.29, 0.717) is 29.1 Å². The molecule has 0 radical (unpaired) electrons. The number of hydrogen-bond acceptors (Lipinski definition) is 6. The third-order valence-corrected chi connectivity index (χ3v) is 10.5. The summed E-state index contributed by atoms with van der Waals surface area (Å²) in [4.78, 5) is 4.48. The molecule has 3 unspecified atom stereocenters. The van der Waals surface area contributed by atoms with Crippen molar-refractivity contribution in [2.45, 2.75) is 89.8 Å². The van der Waals surface area contributed by atoms with Crippen molar-refractivity contribution in [1.82, 2.24) is 16.2 Å². The molecule has 0 aromatic heterocycles. The Morgan fingerprint density at radius 1 is 1.07 bits per heavy atom. The molecular weight excluding hydrogens is 376 g/mol. The zero-order valence-electron chi connectivity index (χ0n) is 18.9. The van der Waals surface area contributed by atoms with Crippen LogP contribution in [0.5, 0.6) is 0 Å². The number of aliphatic imine (C=N–C) groups is 1. The van der Waals surface area contributed by atoms with Crippen molar-refractivity contribution in [1.29, 1.82) is 0 Å². The van der Waals surface area contributed by atoms with Gasteiger partial charge in [0, 0.05) is 25.0 Å². The summed E-state index contributed by atoms with van der Waals surface area (Å²) in [7, 11) is 0. The predicted octanol–water partition coefficient (Wildman–Crippen LogP) is 2.56. The Morgan fingerprint density at radius 2 is 1.93 bits per heavy atom. The lowest BCUT2D eigenvalue weighted by atomic mass is 9.43. The molecule has 0 spiro atoms. The Hall–Kier alpha value is -0.850. The number of rotatable bonds is 3. The van der Waals surface area contributed by atoms with E-state index in [1.807, 2.05) is 0 Å². The molecule has 6 heteroatoms. The zero-order valence-corrected chi connectivity index (χ0v) is 18.9. The molecule has 0 saturated heterocycles. The van der Waals surface area contributed by atoms with Gasteiger partial charge in [0.1, 0.15) is 0 Å². The van der Waals surface area contributed by atoms with Crippen molar-refractivity contribution >= 4 is 5.96 Å². The summed E-state index contributed by atoms with van der Waals surface area (Å²) in [6.07, 6.45) is 10.8. The highest BCUT2D eigenvalue weighted by Crippen LogP contribution is 2.68. The average Bonchev–Trinajstić information content (AvgIpc) is 3.01. The van der Waals surface area contributed by atoms with Gasteiger partial charge in [0.15, 0.2) is 0 Å². The van der Waals surface area contributed by atoms with E-state index < -0.39 is 5.60 Å². The molecule has 170 valence electrons. The van der Waals surface area contributed by atoms with Crippen molar-refractivity contribution in [3.63, 3.8) is 0 Å². The molecule has 6 nitrogen and oxygen atoms in total. The minimum atomic E-state index is -0.535. The quantitative estimate of drug-likeness (QED) is 0.455. The van der Waals surface area contributed by atoms with Gasteiger partial charge in [-0.3, -0.25) is 10.4 Å². The number of nitrogens with one attached hydrogen (secondary N) is 3. The standard InChI is InChI=1S/C24H42N4O2/c1-22-9-7-18(29)14-16(22)4-5-20-19(22)8-10-23(2)17(6-11-24(20,23)30)15-27-28-21-25-12-3-13-26-21/h16-20,27,29-30H,3-15H2,1-2H3,(H2,25,26,28)/t16?,17?,18?,19-,20-,22+,23-,24-/m1/s1. The smallest absolute Gasteiger partial charge is 0.205 e. The number of nitrogens with zero attached hydrogens (tertiary/aromatic N) is 1. The maximum absolute atomic E-state index is 12.2. The molecular formula is C24H42N4O2. The minimum absolute atomic E-state index is 0.0119. The average molecular weight is 419 g/mol. The van der Waals surface area contributed by atoms with E-state index in [1.165, 1.54) is 12.8 Å². The molecule has 5 rings (SSSR count). The van der Waals surface area contributed by atoms with Gasteiger partial charge in [0.05, 0.1) is 11.7 Å². The Morgan fingerprint density at radius 3 is 2.73 bits per heavy atom. The number of hydrogen-bond donors (Lipinski definition) is 5. The molecule has 1 aliphatic heterocycles. The van der Waals surface area contributed by atoms with E-state index >= 15 is 0 Å². The number of fused-ring (bicyclic) bond motifs is 5. The third kappa shape index (κ3) is 3.12. The topological polar surface area (TPSA) is 88.9 Å². The van der Waals surface area contributed by atoms with Crippen LogP contribution >= 0.6 is 0 Å². The van der Waals surface area contributed by atoms with Gasteiger partial charge < -0.3 is 15.5 Å². The monoisotopic (exact) mass is 418 g/mol. The first kappa shape index (κ1) is 21.0. The van der Waals surface area contributed by atoms with Crippen LogP contribution in [-0.2, 0) is 0 Å². The molecule has 1 heterocycles. The van der Waals surface area contributed by atoms with E-state index in [9.17, 15) is 10.2 Å². The van der Waals surface area contributed by atoms with Gasteiger partial charge in [0.2, 0.25) is 5.96 Å². The molecule has 5 aliphatic rings. The van der Waals surface area contributed by atoms with Crippen molar-refractivity contribution in [3.05, 3.63) is 0 Å². The molecule has 4 fully saturated rings. The number of hydrazine groups is 1. The van der Waals surface area contributed by atoms with Gasteiger partial charge in [-0.05, 0) is 93.3 Å². The molecule has 0 amide bonds.